The lowest BCUT2D eigenvalue weighted by molar-refractivity contribution is 0.0702. The first kappa shape index (κ1) is 24.5. The first-order chi connectivity index (χ1) is 16.9. The Morgan fingerprint density at radius 3 is 2.57 bits per heavy atom. The Bertz CT molecular complexity index is 1280. The van der Waals surface area contributed by atoms with Crippen molar-refractivity contribution in [2.24, 2.45) is 5.92 Å². The van der Waals surface area contributed by atoms with Gasteiger partial charge in [0, 0.05) is 28.3 Å². The van der Waals surface area contributed by atoms with Gasteiger partial charge in [0.2, 0.25) is 11.7 Å². The summed E-state index contributed by atoms with van der Waals surface area (Å²) >= 11 is 6.23. The predicted octanol–water partition coefficient (Wildman–Crippen LogP) is 6.58. The minimum Gasteiger partial charge on any atom is -0.489 e. The van der Waals surface area contributed by atoms with Crippen LogP contribution in [0.3, 0.4) is 0 Å². The number of halogens is 1. The van der Waals surface area contributed by atoms with Crippen LogP contribution < -0.4 is 4.74 Å². The van der Waals surface area contributed by atoms with Crippen molar-refractivity contribution < 1.29 is 14.1 Å². The molecule has 6 nitrogen and oxygen atoms in total. The van der Waals surface area contributed by atoms with Crippen LogP contribution in [0.5, 0.6) is 5.75 Å². The van der Waals surface area contributed by atoms with Crippen molar-refractivity contribution in [3.05, 3.63) is 100 Å². The second kappa shape index (κ2) is 11.2. The zero-order valence-electron chi connectivity index (χ0n) is 20.1. The number of benzene rings is 3. The fourth-order valence-corrected chi connectivity index (χ4v) is 3.83. The molecule has 0 aliphatic heterocycles. The molecule has 35 heavy (non-hydrogen) atoms. The van der Waals surface area contributed by atoms with Gasteiger partial charge in [-0.25, -0.2) is 0 Å². The minimum atomic E-state index is -0.128. The highest BCUT2D eigenvalue weighted by atomic mass is 35.5. The molecule has 3 aromatic carbocycles. The van der Waals surface area contributed by atoms with E-state index in [0.29, 0.717) is 41.2 Å². The number of amides is 1. The van der Waals surface area contributed by atoms with E-state index >= 15 is 0 Å². The van der Waals surface area contributed by atoms with Gasteiger partial charge in [0.25, 0.3) is 5.91 Å². The summed E-state index contributed by atoms with van der Waals surface area (Å²) in [5.41, 5.74) is 3.44. The number of ether oxygens (including phenoxy) is 1. The molecular weight excluding hydrogens is 462 g/mol. The van der Waals surface area contributed by atoms with Crippen molar-refractivity contribution >= 4 is 17.5 Å². The number of carbonyl (C=O) groups excluding carboxylic acids is 1. The molecule has 0 saturated carbocycles. The lowest BCUT2D eigenvalue weighted by Crippen LogP contribution is -2.33. The molecule has 4 rings (SSSR count). The van der Waals surface area contributed by atoms with Crippen LogP contribution in [-0.2, 0) is 13.2 Å². The Labute approximate surface area is 210 Å². The van der Waals surface area contributed by atoms with E-state index in [1.165, 1.54) is 0 Å². The molecule has 0 aliphatic carbocycles. The van der Waals surface area contributed by atoms with E-state index in [-0.39, 0.29) is 18.4 Å². The summed E-state index contributed by atoms with van der Waals surface area (Å²) in [4.78, 5) is 19.7. The van der Waals surface area contributed by atoms with Gasteiger partial charge in [-0.15, -0.1) is 0 Å². The van der Waals surface area contributed by atoms with E-state index in [2.05, 4.69) is 24.0 Å². The van der Waals surface area contributed by atoms with Crippen LogP contribution in [0.15, 0.2) is 77.3 Å². The molecule has 0 N–H and O–H groups in total. The third-order valence-corrected chi connectivity index (χ3v) is 5.78. The van der Waals surface area contributed by atoms with Crippen molar-refractivity contribution in [3.8, 4) is 17.1 Å². The molecule has 4 aromatic rings. The van der Waals surface area contributed by atoms with Gasteiger partial charge in [-0.2, -0.15) is 4.98 Å². The van der Waals surface area contributed by atoms with E-state index < -0.39 is 0 Å². The molecule has 1 aromatic heterocycles. The van der Waals surface area contributed by atoms with Gasteiger partial charge in [-0.1, -0.05) is 84.7 Å². The minimum absolute atomic E-state index is 0.128. The summed E-state index contributed by atoms with van der Waals surface area (Å²) in [7, 11) is 0. The van der Waals surface area contributed by atoms with Crippen LogP contribution in [0.2, 0.25) is 5.02 Å². The number of rotatable bonds is 9. The second-order valence-corrected chi connectivity index (χ2v) is 9.27. The van der Waals surface area contributed by atoms with Crippen molar-refractivity contribution in [1.29, 1.82) is 0 Å². The maximum Gasteiger partial charge on any atom is 0.254 e. The third-order valence-electron chi connectivity index (χ3n) is 5.41. The van der Waals surface area contributed by atoms with Crippen LogP contribution in [-0.4, -0.2) is 27.5 Å². The van der Waals surface area contributed by atoms with Crippen LogP contribution in [0.25, 0.3) is 11.4 Å². The summed E-state index contributed by atoms with van der Waals surface area (Å²) < 4.78 is 11.4. The Morgan fingerprint density at radius 1 is 1.06 bits per heavy atom. The second-order valence-electron chi connectivity index (χ2n) is 8.87. The molecule has 0 saturated heterocycles. The molecule has 0 spiro atoms. The van der Waals surface area contributed by atoms with Crippen LogP contribution >= 0.6 is 11.6 Å². The topological polar surface area (TPSA) is 68.5 Å². The van der Waals surface area contributed by atoms with E-state index in [1.54, 1.807) is 17.0 Å². The third kappa shape index (κ3) is 6.49. The van der Waals surface area contributed by atoms with E-state index in [9.17, 15) is 4.79 Å². The quantitative estimate of drug-likeness (QED) is 0.266. The average Bonchev–Trinajstić information content (AvgIpc) is 3.31. The normalized spacial score (nSPS) is 11.0. The molecule has 0 aliphatic rings. The van der Waals surface area contributed by atoms with Gasteiger partial charge in [-0.05, 0) is 37.1 Å². The van der Waals surface area contributed by atoms with Gasteiger partial charge in [0.1, 0.15) is 18.9 Å². The average molecular weight is 490 g/mol. The Hall–Kier alpha value is -3.64. The number of nitrogens with zero attached hydrogens (tertiary/aromatic N) is 3. The monoisotopic (exact) mass is 489 g/mol. The Morgan fingerprint density at radius 2 is 1.83 bits per heavy atom. The maximum atomic E-state index is 13.4. The highest BCUT2D eigenvalue weighted by Gasteiger charge is 2.21. The van der Waals surface area contributed by atoms with Gasteiger partial charge in [0.15, 0.2) is 0 Å². The molecule has 1 heterocycles. The van der Waals surface area contributed by atoms with Crippen LogP contribution in [0, 0.1) is 12.8 Å². The highest BCUT2D eigenvalue weighted by molar-refractivity contribution is 6.31. The molecule has 0 radical (unpaired) electrons. The summed E-state index contributed by atoms with van der Waals surface area (Å²) in [5, 5.41) is 4.75. The highest BCUT2D eigenvalue weighted by Crippen LogP contribution is 2.22. The van der Waals surface area contributed by atoms with E-state index in [4.69, 9.17) is 20.9 Å². The standard InChI is InChI=1S/C28H28ClN3O3/c1-19(2)16-32(17-26-30-27(31-35-26)21-13-11-20(3)12-14-21)28(33)22-8-6-9-24(15-22)34-18-23-7-4-5-10-25(23)29/h4-15,19H,16-18H2,1-3H3. The smallest absolute Gasteiger partial charge is 0.254 e. The molecule has 1 amide bonds. The largest absolute Gasteiger partial charge is 0.489 e. The maximum absolute atomic E-state index is 13.4. The molecule has 0 bridgehead atoms. The van der Waals surface area contributed by atoms with E-state index in [0.717, 1.165) is 16.7 Å². The fourth-order valence-electron chi connectivity index (χ4n) is 3.64. The first-order valence-electron chi connectivity index (χ1n) is 11.5. The predicted molar refractivity (Wildman–Crippen MR) is 136 cm³/mol. The summed E-state index contributed by atoms with van der Waals surface area (Å²) in [6, 6.07) is 22.6. The molecule has 7 heteroatoms. The zero-order chi connectivity index (χ0) is 24.8. The summed E-state index contributed by atoms with van der Waals surface area (Å²) in [6.45, 7) is 7.24. The van der Waals surface area contributed by atoms with Crippen molar-refractivity contribution in [3.63, 3.8) is 0 Å². The lowest BCUT2D eigenvalue weighted by atomic mass is 10.1. The van der Waals surface area contributed by atoms with Crippen molar-refractivity contribution in [1.82, 2.24) is 15.0 Å². The van der Waals surface area contributed by atoms with Crippen molar-refractivity contribution in [2.75, 3.05) is 6.54 Å². The number of aryl methyl sites for hydroxylation is 1. The number of hydrogen-bond donors (Lipinski definition) is 0. The Balaban J connectivity index is 1.48. The summed E-state index contributed by atoms with van der Waals surface area (Å²) in [5.74, 6) is 1.63. The van der Waals surface area contributed by atoms with Gasteiger partial charge >= 0.3 is 0 Å². The zero-order valence-corrected chi connectivity index (χ0v) is 20.8. The number of hydrogen-bond acceptors (Lipinski definition) is 5. The van der Waals surface area contributed by atoms with Gasteiger partial charge < -0.3 is 14.2 Å². The molecule has 180 valence electrons. The van der Waals surface area contributed by atoms with Crippen LogP contribution in [0.4, 0.5) is 0 Å². The first-order valence-corrected chi connectivity index (χ1v) is 11.9. The van der Waals surface area contributed by atoms with Crippen LogP contribution in [0.1, 0.15) is 41.2 Å². The van der Waals surface area contributed by atoms with Crippen molar-refractivity contribution in [2.45, 2.75) is 33.9 Å². The van der Waals surface area contributed by atoms with Gasteiger partial charge in [0.05, 0.1) is 0 Å². The molecular formula is C28H28ClN3O3. The Kier molecular flexibility index (Phi) is 7.83. The fraction of sp³-hybridized carbons (Fsp3) is 0.250. The lowest BCUT2D eigenvalue weighted by Gasteiger charge is -2.23. The molecule has 0 atom stereocenters. The molecule has 0 fully saturated rings. The SMILES string of the molecule is Cc1ccc(-c2noc(CN(CC(C)C)C(=O)c3cccc(OCc4ccccc4Cl)c3)n2)cc1. The van der Waals surface area contributed by atoms with Gasteiger partial charge in [-0.3, -0.25) is 4.79 Å². The summed E-state index contributed by atoms with van der Waals surface area (Å²) in [6.07, 6.45) is 0. The number of aromatic nitrogens is 2. The van der Waals surface area contributed by atoms with E-state index in [1.807, 2.05) is 67.6 Å². The molecule has 0 unspecified atom stereocenters. The number of carbonyl (C=O) groups is 1.